The lowest BCUT2D eigenvalue weighted by Gasteiger charge is -2.09. The van der Waals surface area contributed by atoms with Crippen LogP contribution in [0.3, 0.4) is 0 Å². The van der Waals surface area contributed by atoms with E-state index in [-0.39, 0.29) is 17.7 Å². The molecule has 7 rings (SSSR count). The highest BCUT2D eigenvalue weighted by Gasteiger charge is 2.17. The molecule has 196 valence electrons. The van der Waals surface area contributed by atoms with Crippen LogP contribution in [-0.2, 0) is 0 Å². The fraction of sp³-hybridized carbons (Fsp3) is 0.0625. The van der Waals surface area contributed by atoms with Gasteiger partial charge >= 0.3 is 0 Å². The molecule has 40 heavy (non-hydrogen) atoms. The molecule has 8 nitrogen and oxygen atoms in total. The molecule has 0 spiro atoms. The Balaban J connectivity index is 1.17. The van der Waals surface area contributed by atoms with Crippen LogP contribution < -0.4 is 29.8 Å². The molecule has 1 aliphatic heterocycles. The van der Waals surface area contributed by atoms with Crippen LogP contribution in [0.25, 0.3) is 44.2 Å². The first-order valence-corrected chi connectivity index (χ1v) is 12.4. The second kappa shape index (κ2) is 9.36. The van der Waals surface area contributed by atoms with Crippen molar-refractivity contribution in [2.45, 2.75) is 0 Å². The zero-order valence-electron chi connectivity index (χ0n) is 21.1. The van der Waals surface area contributed by atoms with Crippen LogP contribution in [0.4, 0.5) is 0 Å². The van der Waals surface area contributed by atoms with Crippen molar-refractivity contribution >= 4 is 21.9 Å². The Kier molecular flexibility index (Phi) is 5.52. The molecular weight excluding hydrogens is 512 g/mol. The summed E-state index contributed by atoms with van der Waals surface area (Å²) in [6, 6.07) is 22.5. The Morgan fingerprint density at radius 3 is 1.77 bits per heavy atom. The molecule has 3 heterocycles. The van der Waals surface area contributed by atoms with Crippen molar-refractivity contribution in [3.63, 3.8) is 0 Å². The Labute approximate surface area is 226 Å². The second-order valence-electron chi connectivity index (χ2n) is 9.17. The van der Waals surface area contributed by atoms with Gasteiger partial charge in [-0.3, -0.25) is 9.59 Å². The highest BCUT2D eigenvalue weighted by molar-refractivity contribution is 5.84. The van der Waals surface area contributed by atoms with Crippen molar-refractivity contribution in [3.8, 4) is 51.0 Å². The van der Waals surface area contributed by atoms with Gasteiger partial charge in [0.15, 0.2) is 22.4 Å². The third-order valence-electron chi connectivity index (χ3n) is 6.81. The van der Waals surface area contributed by atoms with Crippen LogP contribution in [0.2, 0.25) is 0 Å². The minimum absolute atomic E-state index is 0.149. The number of fused-ring (bicyclic) bond motifs is 3. The topological polar surface area (TPSA) is 97.3 Å². The first-order chi connectivity index (χ1) is 19.6. The van der Waals surface area contributed by atoms with Crippen LogP contribution in [-0.4, -0.2) is 13.9 Å². The molecule has 2 aromatic heterocycles. The average molecular weight is 533 g/mol. The first-order valence-electron chi connectivity index (χ1n) is 12.4. The van der Waals surface area contributed by atoms with Crippen molar-refractivity contribution in [2.24, 2.45) is 0 Å². The quantitative estimate of drug-likeness (QED) is 0.240. The standard InChI is InChI=1S/C32H20O8/c1-35-20-5-2-18(3-6-20)25-15-36-28-13-21(7-9-23(28)31(25)33)40-22-8-10-24-29(14-22)37-16-26(32(24)34)19-4-11-27-30(12-19)39-17-38-27/h2-16H,17H2,1H3. The molecule has 0 unspecified atom stereocenters. The van der Waals surface area contributed by atoms with E-state index < -0.39 is 0 Å². The average Bonchev–Trinajstić information content (AvgIpc) is 3.46. The molecule has 4 aromatic carbocycles. The van der Waals surface area contributed by atoms with Gasteiger partial charge in [0.05, 0.1) is 29.0 Å². The van der Waals surface area contributed by atoms with E-state index in [1.165, 1.54) is 12.5 Å². The minimum Gasteiger partial charge on any atom is -0.497 e. The van der Waals surface area contributed by atoms with Gasteiger partial charge in [-0.2, -0.15) is 0 Å². The molecule has 0 radical (unpaired) electrons. The summed E-state index contributed by atoms with van der Waals surface area (Å²) in [5.74, 6) is 2.86. The van der Waals surface area contributed by atoms with Gasteiger partial charge in [-0.05, 0) is 59.7 Å². The molecule has 8 heteroatoms. The number of rotatable bonds is 5. The second-order valence-corrected chi connectivity index (χ2v) is 9.17. The minimum atomic E-state index is -0.174. The van der Waals surface area contributed by atoms with E-state index in [1.54, 1.807) is 73.8 Å². The van der Waals surface area contributed by atoms with Crippen LogP contribution in [0.1, 0.15) is 0 Å². The molecule has 0 amide bonds. The highest BCUT2D eigenvalue weighted by Crippen LogP contribution is 2.36. The molecule has 0 bridgehead atoms. The molecule has 1 aliphatic rings. The Bertz CT molecular complexity index is 2040. The number of hydrogen-bond acceptors (Lipinski definition) is 8. The van der Waals surface area contributed by atoms with Crippen LogP contribution in [0, 0.1) is 0 Å². The van der Waals surface area contributed by atoms with Crippen LogP contribution in [0.15, 0.2) is 110 Å². The summed E-state index contributed by atoms with van der Waals surface area (Å²) in [5, 5.41) is 0.847. The SMILES string of the molecule is COc1ccc(-c2coc3cc(Oc4ccc5c(=O)c(-c6ccc7c(c6)OCO7)coc5c4)ccc3c2=O)cc1. The number of benzene rings is 4. The maximum Gasteiger partial charge on any atom is 0.231 e. The number of methoxy groups -OCH3 is 1. The summed E-state index contributed by atoms with van der Waals surface area (Å²) in [6.07, 6.45) is 2.87. The third-order valence-corrected chi connectivity index (χ3v) is 6.81. The van der Waals surface area contributed by atoms with Gasteiger partial charge in [0.1, 0.15) is 40.9 Å². The van der Waals surface area contributed by atoms with Crippen LogP contribution >= 0.6 is 0 Å². The Morgan fingerprint density at radius 1 is 0.600 bits per heavy atom. The molecule has 0 fully saturated rings. The van der Waals surface area contributed by atoms with Gasteiger partial charge in [-0.25, -0.2) is 0 Å². The normalized spacial score (nSPS) is 12.1. The van der Waals surface area contributed by atoms with E-state index in [0.717, 1.165) is 5.56 Å². The molecule has 0 N–H and O–H groups in total. The van der Waals surface area contributed by atoms with E-state index in [1.807, 2.05) is 12.1 Å². The van der Waals surface area contributed by atoms with Crippen LogP contribution in [0.5, 0.6) is 28.7 Å². The summed E-state index contributed by atoms with van der Waals surface area (Å²) in [7, 11) is 1.59. The molecular formula is C32H20O8. The third kappa shape index (κ3) is 4.03. The van der Waals surface area contributed by atoms with Gasteiger partial charge in [0, 0.05) is 12.1 Å². The fourth-order valence-corrected chi connectivity index (χ4v) is 4.71. The lowest BCUT2D eigenvalue weighted by atomic mass is 10.0. The molecule has 0 saturated carbocycles. The van der Waals surface area contributed by atoms with Crippen molar-refractivity contribution in [2.75, 3.05) is 13.9 Å². The smallest absolute Gasteiger partial charge is 0.231 e. The van der Waals surface area contributed by atoms with E-state index >= 15 is 0 Å². The predicted octanol–water partition coefficient (Wildman–Crippen LogP) is 6.76. The highest BCUT2D eigenvalue weighted by atomic mass is 16.7. The maximum atomic E-state index is 13.2. The first kappa shape index (κ1) is 23.6. The molecule has 0 atom stereocenters. The lowest BCUT2D eigenvalue weighted by Crippen LogP contribution is -2.05. The predicted molar refractivity (Wildman–Crippen MR) is 149 cm³/mol. The van der Waals surface area contributed by atoms with Gasteiger partial charge in [-0.15, -0.1) is 0 Å². The Morgan fingerprint density at radius 2 is 1.15 bits per heavy atom. The lowest BCUT2D eigenvalue weighted by molar-refractivity contribution is 0.174. The van der Waals surface area contributed by atoms with Gasteiger partial charge < -0.3 is 27.8 Å². The Hall–Kier alpha value is -5.50. The van der Waals surface area contributed by atoms with E-state index in [0.29, 0.717) is 67.4 Å². The summed E-state index contributed by atoms with van der Waals surface area (Å²) >= 11 is 0. The zero-order valence-corrected chi connectivity index (χ0v) is 21.1. The van der Waals surface area contributed by atoms with Crippen molar-refractivity contribution in [1.82, 2.24) is 0 Å². The zero-order chi connectivity index (χ0) is 27.2. The number of ether oxygens (including phenoxy) is 4. The summed E-state index contributed by atoms with van der Waals surface area (Å²) in [4.78, 5) is 26.3. The molecule has 0 aliphatic carbocycles. The molecule has 6 aromatic rings. The maximum absolute atomic E-state index is 13.2. The van der Waals surface area contributed by atoms with Gasteiger partial charge in [0.25, 0.3) is 0 Å². The van der Waals surface area contributed by atoms with E-state index in [2.05, 4.69) is 0 Å². The van der Waals surface area contributed by atoms with Gasteiger partial charge in [0.2, 0.25) is 6.79 Å². The van der Waals surface area contributed by atoms with E-state index in [4.69, 9.17) is 27.8 Å². The summed E-state index contributed by atoms with van der Waals surface area (Å²) in [5.41, 5.74) is 2.72. The fourth-order valence-electron chi connectivity index (χ4n) is 4.71. The van der Waals surface area contributed by atoms with Crippen molar-refractivity contribution < 1.29 is 27.8 Å². The van der Waals surface area contributed by atoms with Crippen molar-refractivity contribution in [1.29, 1.82) is 0 Å². The van der Waals surface area contributed by atoms with Crippen molar-refractivity contribution in [3.05, 3.63) is 112 Å². The molecule has 0 saturated heterocycles. The summed E-state index contributed by atoms with van der Waals surface area (Å²) in [6.45, 7) is 0.155. The monoisotopic (exact) mass is 532 g/mol. The summed E-state index contributed by atoms with van der Waals surface area (Å²) < 4.78 is 33.6. The largest absolute Gasteiger partial charge is 0.497 e. The number of hydrogen-bond donors (Lipinski definition) is 0. The van der Waals surface area contributed by atoms with E-state index in [9.17, 15) is 9.59 Å². The van der Waals surface area contributed by atoms with Gasteiger partial charge in [-0.1, -0.05) is 18.2 Å².